The van der Waals surface area contributed by atoms with Gasteiger partial charge in [0.05, 0.1) is 0 Å². The predicted octanol–water partition coefficient (Wildman–Crippen LogP) is 1.50. The second-order valence-electron chi connectivity index (χ2n) is 2.73. The molecule has 0 rings (SSSR count). The van der Waals surface area contributed by atoms with Gasteiger partial charge in [-0.3, -0.25) is 0 Å². The molecule has 0 bridgehead atoms. The Bertz CT molecular complexity index is 66.7. The van der Waals surface area contributed by atoms with Gasteiger partial charge in [0.1, 0.15) is 0 Å². The summed E-state index contributed by atoms with van der Waals surface area (Å²) in [5.74, 6) is 0. The fourth-order valence-corrected chi connectivity index (χ4v) is 0.289. The summed E-state index contributed by atoms with van der Waals surface area (Å²) in [5, 5.41) is 0. The van der Waals surface area contributed by atoms with Crippen LogP contribution in [-0.4, -0.2) is 0 Å². The number of allylic oxidation sites excluding steroid dienone is 1. The molecule has 0 amide bonds. The number of hydrogen-bond donors (Lipinski definition) is 1. The molecule has 0 aromatic rings. The Morgan fingerprint density at radius 3 is 1.71 bits per heavy atom. The second-order valence-corrected chi connectivity index (χ2v) is 2.73. The molecule has 1 nitrogen and oxygen atoms in total. The van der Waals surface area contributed by atoms with Crippen LogP contribution < -0.4 is 5.73 Å². The molecule has 2 N–H and O–H groups in total. The van der Waals surface area contributed by atoms with E-state index < -0.39 is 0 Å². The first-order valence-electron chi connectivity index (χ1n) is 2.46. The zero-order chi connectivity index (χ0) is 5.91. The van der Waals surface area contributed by atoms with Crippen LogP contribution in [0.3, 0.4) is 0 Å². The smallest absolute Gasteiger partial charge is 0.00977 e. The highest BCUT2D eigenvalue weighted by Gasteiger charge is 2.01. The normalized spacial score (nSPS) is 13.0. The maximum Gasteiger partial charge on any atom is -0.00977 e. The summed E-state index contributed by atoms with van der Waals surface area (Å²) in [6, 6.07) is 0. The van der Waals surface area contributed by atoms with Crippen molar-refractivity contribution in [3.05, 3.63) is 12.3 Å². The Kier molecular flexibility index (Phi) is 1.88. The molecule has 0 saturated carbocycles. The monoisotopic (exact) mass is 99.1 g/mol. The molecule has 0 spiro atoms. The van der Waals surface area contributed by atoms with Gasteiger partial charge in [-0.2, -0.15) is 0 Å². The average molecular weight is 99.2 g/mol. The lowest BCUT2D eigenvalue weighted by molar-refractivity contribution is 0.543. The molecule has 1 heteroatoms. The van der Waals surface area contributed by atoms with Gasteiger partial charge in [-0.1, -0.05) is 26.8 Å². The quantitative estimate of drug-likeness (QED) is 0.489. The lowest BCUT2D eigenvalue weighted by Gasteiger charge is -2.09. The first kappa shape index (κ1) is 6.54. The van der Waals surface area contributed by atoms with Crippen LogP contribution >= 0.6 is 0 Å². The molecule has 42 valence electrons. The molecule has 0 heterocycles. The van der Waals surface area contributed by atoms with Crippen LogP contribution in [0.25, 0.3) is 0 Å². The predicted molar refractivity (Wildman–Crippen MR) is 32.8 cm³/mol. The first-order valence-corrected chi connectivity index (χ1v) is 2.46. The standard InChI is InChI=1S/C6H13N/c1-6(2,3)4-5-7/h4-5H,7H2,1-3H3/b5-4+. The van der Waals surface area contributed by atoms with Crippen molar-refractivity contribution in [2.75, 3.05) is 0 Å². The fourth-order valence-electron chi connectivity index (χ4n) is 0.289. The zero-order valence-electron chi connectivity index (χ0n) is 5.23. The van der Waals surface area contributed by atoms with Crippen LogP contribution in [0.5, 0.6) is 0 Å². The Hall–Kier alpha value is -0.460. The lowest BCUT2D eigenvalue weighted by Crippen LogP contribution is -1.99. The molecule has 0 saturated heterocycles. The van der Waals surface area contributed by atoms with Gasteiger partial charge in [0, 0.05) is 0 Å². The number of rotatable bonds is 0. The topological polar surface area (TPSA) is 26.0 Å². The van der Waals surface area contributed by atoms with E-state index in [4.69, 9.17) is 5.73 Å². The summed E-state index contributed by atoms with van der Waals surface area (Å²) in [5.41, 5.74) is 5.38. The molecular weight excluding hydrogens is 86.1 g/mol. The van der Waals surface area contributed by atoms with E-state index in [1.807, 2.05) is 6.08 Å². The zero-order valence-corrected chi connectivity index (χ0v) is 5.23. The minimum Gasteiger partial charge on any atom is -0.405 e. The summed E-state index contributed by atoms with van der Waals surface area (Å²) in [6.07, 6.45) is 3.55. The third-order valence-corrected chi connectivity index (χ3v) is 0.596. The first-order chi connectivity index (χ1) is 3.06. The molecule has 0 aliphatic rings. The molecule has 0 aromatic heterocycles. The molecule has 7 heavy (non-hydrogen) atoms. The highest BCUT2D eigenvalue weighted by Crippen LogP contribution is 2.12. The largest absolute Gasteiger partial charge is 0.405 e. The third-order valence-electron chi connectivity index (χ3n) is 0.596. The number of hydrogen-bond acceptors (Lipinski definition) is 1. The van der Waals surface area contributed by atoms with Crippen molar-refractivity contribution >= 4 is 0 Å². The molecule has 0 aromatic carbocycles. The van der Waals surface area contributed by atoms with E-state index in [2.05, 4.69) is 20.8 Å². The van der Waals surface area contributed by atoms with Crippen molar-refractivity contribution in [3.8, 4) is 0 Å². The van der Waals surface area contributed by atoms with Crippen molar-refractivity contribution < 1.29 is 0 Å². The minimum atomic E-state index is 0.245. The summed E-state index contributed by atoms with van der Waals surface area (Å²) < 4.78 is 0. The summed E-state index contributed by atoms with van der Waals surface area (Å²) in [7, 11) is 0. The Morgan fingerprint density at radius 2 is 1.71 bits per heavy atom. The summed E-state index contributed by atoms with van der Waals surface area (Å²) in [6.45, 7) is 6.32. The van der Waals surface area contributed by atoms with Crippen LogP contribution in [0.1, 0.15) is 20.8 Å². The summed E-state index contributed by atoms with van der Waals surface area (Å²) in [4.78, 5) is 0. The number of nitrogens with two attached hydrogens (primary N) is 1. The van der Waals surface area contributed by atoms with Crippen LogP contribution in [0, 0.1) is 5.41 Å². The highest BCUT2D eigenvalue weighted by atomic mass is 14.5. The van der Waals surface area contributed by atoms with E-state index >= 15 is 0 Å². The average Bonchev–Trinajstić information content (AvgIpc) is 1.30. The van der Waals surface area contributed by atoms with Gasteiger partial charge in [0.15, 0.2) is 0 Å². The molecule has 0 fully saturated rings. The van der Waals surface area contributed by atoms with Gasteiger partial charge in [-0.05, 0) is 11.6 Å². The van der Waals surface area contributed by atoms with Crippen LogP contribution in [0.2, 0.25) is 0 Å². The van der Waals surface area contributed by atoms with E-state index in [-0.39, 0.29) is 5.41 Å². The summed E-state index contributed by atoms with van der Waals surface area (Å²) >= 11 is 0. The van der Waals surface area contributed by atoms with Crippen molar-refractivity contribution in [1.29, 1.82) is 0 Å². The van der Waals surface area contributed by atoms with Gasteiger partial charge in [0.2, 0.25) is 0 Å². The van der Waals surface area contributed by atoms with Crippen LogP contribution in [-0.2, 0) is 0 Å². The highest BCUT2D eigenvalue weighted by molar-refractivity contribution is 4.88. The van der Waals surface area contributed by atoms with Gasteiger partial charge >= 0.3 is 0 Å². The van der Waals surface area contributed by atoms with Crippen LogP contribution in [0.4, 0.5) is 0 Å². The van der Waals surface area contributed by atoms with Crippen molar-refractivity contribution in [1.82, 2.24) is 0 Å². The SMILES string of the molecule is CC(C)(C)/C=C/N. The van der Waals surface area contributed by atoms with Crippen molar-refractivity contribution in [3.63, 3.8) is 0 Å². The molecule has 0 unspecified atom stereocenters. The Balaban J connectivity index is 3.56. The van der Waals surface area contributed by atoms with E-state index in [1.54, 1.807) is 6.20 Å². The van der Waals surface area contributed by atoms with Gasteiger partial charge in [-0.15, -0.1) is 0 Å². The minimum absolute atomic E-state index is 0.245. The van der Waals surface area contributed by atoms with E-state index in [1.165, 1.54) is 0 Å². The Morgan fingerprint density at radius 1 is 1.29 bits per heavy atom. The third kappa shape index (κ3) is 5.54. The van der Waals surface area contributed by atoms with E-state index in [9.17, 15) is 0 Å². The molecule has 0 aliphatic heterocycles. The van der Waals surface area contributed by atoms with E-state index in [0.717, 1.165) is 0 Å². The molecule has 0 radical (unpaired) electrons. The Labute approximate surface area is 45.2 Å². The van der Waals surface area contributed by atoms with Crippen LogP contribution in [0.15, 0.2) is 12.3 Å². The fraction of sp³-hybridized carbons (Fsp3) is 0.667. The van der Waals surface area contributed by atoms with Crippen molar-refractivity contribution in [2.24, 2.45) is 11.1 Å². The maximum absolute atomic E-state index is 5.13. The second kappa shape index (κ2) is 2.01. The maximum atomic E-state index is 5.13. The van der Waals surface area contributed by atoms with Crippen molar-refractivity contribution in [2.45, 2.75) is 20.8 Å². The molecule has 0 aliphatic carbocycles. The van der Waals surface area contributed by atoms with E-state index in [0.29, 0.717) is 0 Å². The lowest BCUT2D eigenvalue weighted by atomic mass is 9.97. The van der Waals surface area contributed by atoms with Gasteiger partial charge in [0.25, 0.3) is 0 Å². The molecule has 0 atom stereocenters. The van der Waals surface area contributed by atoms with Gasteiger partial charge < -0.3 is 5.73 Å². The molecular formula is C6H13N. The van der Waals surface area contributed by atoms with Gasteiger partial charge in [-0.25, -0.2) is 0 Å².